The molecule has 186 valence electrons. The number of nitrogens with one attached hydrogen (secondary N) is 1. The van der Waals surface area contributed by atoms with Crippen LogP contribution in [-0.4, -0.2) is 35.0 Å². The van der Waals surface area contributed by atoms with E-state index in [4.69, 9.17) is 10.3 Å². The second-order valence-electron chi connectivity index (χ2n) is 8.89. The lowest BCUT2D eigenvalue weighted by molar-refractivity contribution is -0.759. The van der Waals surface area contributed by atoms with Crippen LogP contribution in [0.15, 0.2) is 39.5 Å². The number of piperidine rings is 1. The van der Waals surface area contributed by atoms with Crippen LogP contribution in [0.5, 0.6) is 0 Å². The predicted octanol–water partition coefficient (Wildman–Crippen LogP) is 4.33. The van der Waals surface area contributed by atoms with E-state index in [9.17, 15) is 9.59 Å². The van der Waals surface area contributed by atoms with E-state index in [1.165, 1.54) is 17.8 Å². The molecule has 0 bridgehead atoms. The van der Waals surface area contributed by atoms with E-state index >= 15 is 0 Å². The molecule has 36 heavy (non-hydrogen) atoms. The Morgan fingerprint density at radius 1 is 1.19 bits per heavy atom. The van der Waals surface area contributed by atoms with Crippen molar-refractivity contribution in [3.63, 3.8) is 0 Å². The first kappa shape index (κ1) is 24.4. The van der Waals surface area contributed by atoms with Gasteiger partial charge < -0.3 is 5.73 Å². The zero-order chi connectivity index (χ0) is 25.4. The van der Waals surface area contributed by atoms with Crippen LogP contribution in [0, 0.1) is 13.8 Å². The summed E-state index contributed by atoms with van der Waals surface area (Å²) in [6.07, 6.45) is 5.27. The summed E-state index contributed by atoms with van der Waals surface area (Å²) in [5.41, 5.74) is 9.86. The Balaban J connectivity index is 1.39. The monoisotopic (exact) mass is 569 g/mol. The summed E-state index contributed by atoms with van der Waals surface area (Å²) in [7, 11) is 0. The first-order valence-electron chi connectivity index (χ1n) is 11.7. The molecule has 1 fully saturated rings. The average molecular weight is 570 g/mol. The molecule has 1 amide bonds. The number of benzene rings is 1. The summed E-state index contributed by atoms with van der Waals surface area (Å²) < 4.78 is 6.24. The number of rotatable bonds is 6. The number of aromatic nitrogens is 3. The van der Waals surface area contributed by atoms with Crippen molar-refractivity contribution in [3.8, 4) is 0 Å². The van der Waals surface area contributed by atoms with Gasteiger partial charge in [0.1, 0.15) is 9.71 Å². The maximum Gasteiger partial charge on any atom is 0.306 e. The largest absolute Gasteiger partial charge is 0.397 e. The van der Waals surface area contributed by atoms with Gasteiger partial charge in [0.05, 0.1) is 23.6 Å². The molecule has 3 aromatic heterocycles. The van der Waals surface area contributed by atoms with Crippen molar-refractivity contribution in [3.05, 3.63) is 62.2 Å². The quantitative estimate of drug-likeness (QED) is 0.262. The minimum Gasteiger partial charge on any atom is -0.397 e. The maximum atomic E-state index is 13.1. The summed E-state index contributed by atoms with van der Waals surface area (Å²) in [4.78, 5) is 33.3. The second kappa shape index (κ2) is 9.98. The number of amides is 1. The lowest BCUT2D eigenvalue weighted by Crippen LogP contribution is -2.60. The Kier molecular flexibility index (Phi) is 6.76. The molecule has 9 nitrogen and oxygen atoms in total. The molecular formula is C25H26BrN6O3S+. The molecule has 11 heteroatoms. The number of nitrogens with two attached hydrogens (primary N) is 1. The fraction of sp³-hybridized carbons (Fsp3) is 0.320. The zero-order valence-corrected chi connectivity index (χ0v) is 22.4. The van der Waals surface area contributed by atoms with E-state index < -0.39 is 0 Å². The molecular weight excluding hydrogens is 544 g/mol. The van der Waals surface area contributed by atoms with E-state index in [0.29, 0.717) is 26.3 Å². The van der Waals surface area contributed by atoms with E-state index in [1.807, 2.05) is 26.0 Å². The first-order chi connectivity index (χ1) is 17.3. The number of aryl methyl sites for hydroxylation is 2. The summed E-state index contributed by atoms with van der Waals surface area (Å²) in [5, 5.41) is 9.56. The molecule has 3 N–H and O–H groups in total. The highest BCUT2D eigenvalue weighted by atomic mass is 79.9. The summed E-state index contributed by atoms with van der Waals surface area (Å²) in [5.74, 6) is -0.153. The molecule has 0 radical (unpaired) electrons. The number of hydrogen-bond donors (Lipinski definition) is 2. The topological polar surface area (TPSA) is 118 Å². The highest BCUT2D eigenvalue weighted by Crippen LogP contribution is 2.37. The van der Waals surface area contributed by atoms with Crippen LogP contribution in [0.2, 0.25) is 0 Å². The van der Waals surface area contributed by atoms with Crippen LogP contribution in [0.25, 0.3) is 10.2 Å². The summed E-state index contributed by atoms with van der Waals surface area (Å²) >= 11 is 4.62. The molecule has 0 aliphatic carbocycles. The fourth-order valence-corrected chi connectivity index (χ4v) is 5.88. The predicted molar refractivity (Wildman–Crippen MR) is 142 cm³/mol. The van der Waals surface area contributed by atoms with Crippen molar-refractivity contribution in [2.75, 3.05) is 29.1 Å². The minimum atomic E-state index is -0.387. The fourth-order valence-electron chi connectivity index (χ4n) is 4.52. The van der Waals surface area contributed by atoms with Gasteiger partial charge >= 0.3 is 5.88 Å². The Labute approximate surface area is 220 Å². The van der Waals surface area contributed by atoms with Gasteiger partial charge in [-0.25, -0.2) is 4.98 Å². The lowest BCUT2D eigenvalue weighted by Gasteiger charge is -2.17. The van der Waals surface area contributed by atoms with Gasteiger partial charge in [-0.2, -0.15) is 5.01 Å². The van der Waals surface area contributed by atoms with Gasteiger partial charge in [-0.05, 0) is 56.4 Å². The van der Waals surface area contributed by atoms with Gasteiger partial charge in [0.15, 0.2) is 5.78 Å². The van der Waals surface area contributed by atoms with Crippen molar-refractivity contribution in [1.82, 2.24) is 10.3 Å². The van der Waals surface area contributed by atoms with Crippen molar-refractivity contribution >= 4 is 60.7 Å². The zero-order valence-electron chi connectivity index (χ0n) is 20.0. The Morgan fingerprint density at radius 2 is 1.92 bits per heavy atom. The van der Waals surface area contributed by atoms with Gasteiger partial charge in [0, 0.05) is 27.5 Å². The molecule has 0 spiro atoms. The van der Waals surface area contributed by atoms with Crippen LogP contribution in [0.3, 0.4) is 0 Å². The number of nitrogen functional groups attached to an aromatic ring is 1. The molecule has 4 aromatic rings. The standard InChI is InChI=1S/C25H25BrN6O3S/c1-14-18(12-19(33)16-6-8-17(26)9-7-16)15(2)28-25-21(14)22(27)23(36-25)24(34)29-20-13-32(30-35-20)31-10-4-3-5-11-31/h6-9,13H,3-5,10-12H2,1-2H3,(H2-,27,29,30,34)/p+1. The van der Waals surface area contributed by atoms with E-state index in [1.54, 1.807) is 23.1 Å². The molecule has 4 heterocycles. The van der Waals surface area contributed by atoms with Gasteiger partial charge in [-0.15, -0.1) is 11.3 Å². The summed E-state index contributed by atoms with van der Waals surface area (Å²) in [6, 6.07) is 7.28. The van der Waals surface area contributed by atoms with Crippen molar-refractivity contribution in [1.29, 1.82) is 0 Å². The average Bonchev–Trinajstić information content (AvgIpc) is 3.47. The van der Waals surface area contributed by atoms with Gasteiger partial charge in [-0.1, -0.05) is 28.1 Å². The van der Waals surface area contributed by atoms with Crippen LogP contribution in [-0.2, 0) is 6.42 Å². The number of carbonyl (C=O) groups excluding carboxylic acids is 2. The first-order valence-corrected chi connectivity index (χ1v) is 13.3. The third-order valence-corrected chi connectivity index (χ3v) is 8.11. The Morgan fingerprint density at radius 3 is 2.64 bits per heavy atom. The Hall–Kier alpha value is -3.31. The number of halogens is 1. The molecule has 5 rings (SSSR count). The molecule has 1 saturated heterocycles. The molecule has 0 atom stereocenters. The number of ketones is 1. The number of pyridine rings is 1. The number of anilines is 2. The van der Waals surface area contributed by atoms with Crippen molar-refractivity contribution in [2.24, 2.45) is 0 Å². The number of carbonyl (C=O) groups is 2. The highest BCUT2D eigenvalue weighted by Gasteiger charge is 2.26. The number of fused-ring (bicyclic) bond motifs is 1. The normalized spacial score (nSPS) is 13.8. The number of thiophene rings is 1. The number of Topliss-reactive ketones (excluding diaryl/α,β-unsaturated/α-hetero) is 1. The molecule has 1 aliphatic heterocycles. The van der Waals surface area contributed by atoms with Gasteiger partial charge in [-0.3, -0.25) is 19.4 Å². The third kappa shape index (κ3) is 4.72. The van der Waals surface area contributed by atoms with E-state index in [0.717, 1.165) is 47.2 Å². The van der Waals surface area contributed by atoms with Crippen LogP contribution >= 0.6 is 27.3 Å². The number of hydrogen-bond acceptors (Lipinski definition) is 8. The SMILES string of the molecule is Cc1nc2sc(C(=O)Nc3c[n+](N4CCCCC4)no3)c(N)c2c(C)c1CC(=O)c1ccc(Br)cc1. The molecule has 1 aliphatic rings. The lowest BCUT2D eigenvalue weighted by atomic mass is 9.96. The maximum absolute atomic E-state index is 13.1. The molecule has 0 saturated carbocycles. The number of nitrogens with zero attached hydrogens (tertiary/aromatic N) is 4. The summed E-state index contributed by atoms with van der Waals surface area (Å²) in [6.45, 7) is 5.58. The van der Waals surface area contributed by atoms with Crippen molar-refractivity contribution in [2.45, 2.75) is 39.5 Å². The minimum absolute atomic E-state index is 0.00561. The van der Waals surface area contributed by atoms with Crippen LogP contribution in [0.1, 0.15) is 56.1 Å². The molecule has 0 unspecified atom stereocenters. The highest BCUT2D eigenvalue weighted by molar-refractivity contribution is 9.10. The Bertz CT molecular complexity index is 1460. The smallest absolute Gasteiger partial charge is 0.306 e. The van der Waals surface area contributed by atoms with E-state index in [2.05, 4.69) is 36.5 Å². The van der Waals surface area contributed by atoms with Gasteiger partial charge in [0.2, 0.25) is 5.27 Å². The van der Waals surface area contributed by atoms with Crippen LogP contribution < -0.4 is 20.9 Å². The molecule has 1 aromatic carbocycles. The van der Waals surface area contributed by atoms with Crippen LogP contribution in [0.4, 0.5) is 11.6 Å². The van der Waals surface area contributed by atoms with Gasteiger partial charge in [0.25, 0.3) is 12.1 Å². The van der Waals surface area contributed by atoms with Crippen molar-refractivity contribution < 1.29 is 18.9 Å². The van der Waals surface area contributed by atoms with E-state index in [-0.39, 0.29) is 24.0 Å². The third-order valence-electron chi connectivity index (χ3n) is 6.48. The second-order valence-corrected chi connectivity index (χ2v) is 10.8.